The van der Waals surface area contributed by atoms with Crippen LogP contribution in [0.25, 0.3) is 0 Å². The van der Waals surface area contributed by atoms with Crippen LogP contribution in [-0.4, -0.2) is 75.6 Å². The molecule has 0 bridgehead atoms. The van der Waals surface area contributed by atoms with Crippen LogP contribution in [-0.2, 0) is 27.9 Å². The van der Waals surface area contributed by atoms with E-state index >= 15 is 0 Å². The summed E-state index contributed by atoms with van der Waals surface area (Å²) in [4.78, 5) is 23.0. The van der Waals surface area contributed by atoms with Crippen molar-refractivity contribution in [2.75, 3.05) is 54.1 Å². The highest BCUT2D eigenvalue weighted by Crippen LogP contribution is 2.43. The largest absolute Gasteiger partial charge is 0.472 e. The number of ether oxygens (including phenoxy) is 2. The average molecular weight is 927 g/mol. The standard InChI is InChI=1S/C55H108NO7P/c1-6-8-10-12-14-16-18-20-22-24-25-26-27-28-29-30-31-33-35-37-39-41-43-45-47-50-60-52-54(53-62-64(58,59)61-51-49-56(3,4)5)63-55(57)48-46-44-42-40-38-36-34-32-23-21-19-17-15-13-11-9-7-2/h15,17,21,23,54H,6-14,16,18-20,22,24-53H2,1-5H3/p+1/b17-15-,23-21-. The molecule has 0 aliphatic heterocycles. The average Bonchev–Trinajstić information content (AvgIpc) is 3.25. The SMILES string of the molecule is CCCCC/C=C\C/C=C\CCCCCCCCCC(=O)OC(COCCCCCCCCCCCCCCCCCCCCCCCCCCC)COP(=O)(O)OCC[N+](C)(C)C. The Bertz CT molecular complexity index is 1080. The van der Waals surface area contributed by atoms with E-state index in [9.17, 15) is 14.3 Å². The van der Waals surface area contributed by atoms with Crippen molar-refractivity contribution in [3.8, 4) is 0 Å². The van der Waals surface area contributed by atoms with Crippen molar-refractivity contribution in [2.45, 2.75) is 270 Å². The van der Waals surface area contributed by atoms with Gasteiger partial charge in [-0.3, -0.25) is 13.8 Å². The van der Waals surface area contributed by atoms with E-state index in [4.69, 9.17) is 18.5 Å². The van der Waals surface area contributed by atoms with E-state index in [1.165, 1.54) is 199 Å². The van der Waals surface area contributed by atoms with Crippen LogP contribution in [0.5, 0.6) is 0 Å². The van der Waals surface area contributed by atoms with Crippen molar-refractivity contribution >= 4 is 13.8 Å². The van der Waals surface area contributed by atoms with Gasteiger partial charge in [0.25, 0.3) is 0 Å². The Labute approximate surface area is 398 Å². The fourth-order valence-corrected chi connectivity index (χ4v) is 8.74. The highest BCUT2D eigenvalue weighted by atomic mass is 31.2. The van der Waals surface area contributed by atoms with Gasteiger partial charge in [-0.1, -0.05) is 237 Å². The minimum absolute atomic E-state index is 0.0893. The van der Waals surface area contributed by atoms with Crippen LogP contribution in [0.1, 0.15) is 264 Å². The lowest BCUT2D eigenvalue weighted by Crippen LogP contribution is -2.37. The van der Waals surface area contributed by atoms with Crippen molar-refractivity contribution in [1.29, 1.82) is 0 Å². The highest BCUT2D eigenvalue weighted by Gasteiger charge is 2.26. The number of unbranched alkanes of at least 4 members (excludes halogenated alkanes) is 34. The molecule has 0 aromatic rings. The maximum absolute atomic E-state index is 12.8. The quantitative estimate of drug-likeness (QED) is 0.0214. The van der Waals surface area contributed by atoms with Gasteiger partial charge in [-0.2, -0.15) is 0 Å². The van der Waals surface area contributed by atoms with Crippen molar-refractivity contribution in [1.82, 2.24) is 0 Å². The van der Waals surface area contributed by atoms with E-state index in [-0.39, 0.29) is 25.8 Å². The minimum atomic E-state index is -4.28. The van der Waals surface area contributed by atoms with Crippen LogP contribution in [0.4, 0.5) is 0 Å². The lowest BCUT2D eigenvalue weighted by atomic mass is 10.0. The zero-order valence-electron chi connectivity index (χ0n) is 43.3. The molecule has 0 aliphatic rings. The first-order valence-electron chi connectivity index (χ1n) is 27.6. The number of hydrogen-bond donors (Lipinski definition) is 1. The summed E-state index contributed by atoms with van der Waals surface area (Å²) in [5, 5.41) is 0. The Morgan fingerprint density at radius 1 is 0.484 bits per heavy atom. The van der Waals surface area contributed by atoms with Gasteiger partial charge in [-0.15, -0.1) is 0 Å². The zero-order chi connectivity index (χ0) is 46.9. The smallest absolute Gasteiger partial charge is 0.457 e. The summed E-state index contributed by atoms with van der Waals surface area (Å²) in [5.41, 5.74) is 0. The van der Waals surface area contributed by atoms with Gasteiger partial charge >= 0.3 is 13.8 Å². The summed E-state index contributed by atoms with van der Waals surface area (Å²) in [7, 11) is 1.67. The van der Waals surface area contributed by atoms with Crippen LogP contribution in [0.3, 0.4) is 0 Å². The van der Waals surface area contributed by atoms with Gasteiger partial charge in [0.05, 0.1) is 34.4 Å². The Morgan fingerprint density at radius 2 is 0.859 bits per heavy atom. The van der Waals surface area contributed by atoms with Crippen LogP contribution < -0.4 is 0 Å². The summed E-state index contributed by atoms with van der Waals surface area (Å²) in [6.07, 6.45) is 58.1. The van der Waals surface area contributed by atoms with Gasteiger partial charge in [0.15, 0.2) is 0 Å². The van der Waals surface area contributed by atoms with Gasteiger partial charge in [-0.25, -0.2) is 4.57 Å². The second-order valence-electron chi connectivity index (χ2n) is 20.0. The van der Waals surface area contributed by atoms with Crippen LogP contribution in [0.15, 0.2) is 24.3 Å². The Morgan fingerprint density at radius 3 is 1.30 bits per heavy atom. The third-order valence-electron chi connectivity index (χ3n) is 12.3. The molecule has 2 unspecified atom stereocenters. The van der Waals surface area contributed by atoms with Crippen LogP contribution in [0.2, 0.25) is 0 Å². The van der Waals surface area contributed by atoms with Crippen molar-refractivity contribution < 1.29 is 37.3 Å². The maximum Gasteiger partial charge on any atom is 0.472 e. The molecular weight excluding hydrogens is 818 g/mol. The van der Waals surface area contributed by atoms with Crippen molar-refractivity contribution in [3.05, 3.63) is 24.3 Å². The molecule has 0 heterocycles. The predicted molar refractivity (Wildman–Crippen MR) is 275 cm³/mol. The summed E-state index contributed by atoms with van der Waals surface area (Å²) in [6.45, 7) is 5.65. The van der Waals surface area contributed by atoms with Gasteiger partial charge in [0.2, 0.25) is 0 Å². The van der Waals surface area contributed by atoms with E-state index in [1.54, 1.807) is 0 Å². The number of phosphoric ester groups is 1. The van der Waals surface area contributed by atoms with Gasteiger partial charge in [0, 0.05) is 13.0 Å². The summed E-state index contributed by atoms with van der Waals surface area (Å²) in [5.74, 6) is -0.316. The molecule has 0 radical (unpaired) electrons. The molecule has 0 aromatic carbocycles. The summed E-state index contributed by atoms with van der Waals surface area (Å²) >= 11 is 0. The van der Waals surface area contributed by atoms with Crippen LogP contribution in [0, 0.1) is 0 Å². The lowest BCUT2D eigenvalue weighted by molar-refractivity contribution is -0.870. The van der Waals surface area contributed by atoms with E-state index in [2.05, 4.69) is 38.2 Å². The molecule has 0 saturated carbocycles. The number of rotatable bonds is 52. The first-order chi connectivity index (χ1) is 31.1. The number of quaternary nitrogens is 1. The second-order valence-corrected chi connectivity index (χ2v) is 21.4. The zero-order valence-corrected chi connectivity index (χ0v) is 44.2. The molecule has 0 aliphatic carbocycles. The number of hydrogen-bond acceptors (Lipinski definition) is 6. The number of carbonyl (C=O) groups is 1. The van der Waals surface area contributed by atoms with Crippen LogP contribution >= 0.6 is 7.82 Å². The molecule has 2 atom stereocenters. The summed E-state index contributed by atoms with van der Waals surface area (Å²) < 4.78 is 35.2. The number of esters is 1. The molecule has 0 aromatic heterocycles. The number of likely N-dealkylation sites (N-methyl/N-ethyl adjacent to an activating group) is 1. The molecule has 64 heavy (non-hydrogen) atoms. The van der Waals surface area contributed by atoms with E-state index in [0.717, 1.165) is 44.9 Å². The number of carbonyl (C=O) groups excluding carboxylic acids is 1. The number of nitrogens with zero attached hydrogens (tertiary/aromatic N) is 1. The second kappa shape index (κ2) is 48.4. The number of allylic oxidation sites excluding steroid dienone is 4. The third-order valence-corrected chi connectivity index (χ3v) is 13.2. The first kappa shape index (κ1) is 63.0. The Hall–Kier alpha value is -1.02. The third kappa shape index (κ3) is 52.0. The highest BCUT2D eigenvalue weighted by molar-refractivity contribution is 7.47. The lowest BCUT2D eigenvalue weighted by Gasteiger charge is -2.24. The monoisotopic (exact) mass is 927 g/mol. The first-order valence-corrected chi connectivity index (χ1v) is 29.1. The fourth-order valence-electron chi connectivity index (χ4n) is 8.00. The van der Waals surface area contributed by atoms with E-state index in [1.807, 2.05) is 21.1 Å². The maximum atomic E-state index is 12.8. The van der Waals surface area contributed by atoms with E-state index in [0.29, 0.717) is 24.1 Å². The topological polar surface area (TPSA) is 91.3 Å². The molecule has 9 heteroatoms. The molecule has 0 amide bonds. The molecule has 0 fully saturated rings. The van der Waals surface area contributed by atoms with E-state index < -0.39 is 13.9 Å². The molecule has 0 saturated heterocycles. The Balaban J connectivity index is 4.03. The van der Waals surface area contributed by atoms with Crippen molar-refractivity contribution in [3.63, 3.8) is 0 Å². The molecule has 0 rings (SSSR count). The molecule has 8 nitrogen and oxygen atoms in total. The molecular formula is C55H109NO7P+. The van der Waals surface area contributed by atoms with Gasteiger partial charge in [-0.05, 0) is 44.9 Å². The summed E-state index contributed by atoms with van der Waals surface area (Å²) in [6, 6.07) is 0. The fraction of sp³-hybridized carbons (Fsp3) is 0.909. The van der Waals surface area contributed by atoms with Gasteiger partial charge in [0.1, 0.15) is 19.3 Å². The predicted octanol–water partition coefficient (Wildman–Crippen LogP) is 17.1. The number of phosphoric acid groups is 1. The van der Waals surface area contributed by atoms with Gasteiger partial charge < -0.3 is 18.9 Å². The van der Waals surface area contributed by atoms with Crippen molar-refractivity contribution in [2.24, 2.45) is 0 Å². The minimum Gasteiger partial charge on any atom is -0.457 e. The molecule has 380 valence electrons. The molecule has 0 spiro atoms. The normalized spacial score (nSPS) is 13.7. The molecule has 1 N–H and O–H groups in total. The Kier molecular flexibility index (Phi) is 47.7.